The summed E-state index contributed by atoms with van der Waals surface area (Å²) in [5, 5.41) is 2.75. The molecule has 1 saturated heterocycles. The minimum Gasteiger partial charge on any atom is -0.494 e. The predicted molar refractivity (Wildman–Crippen MR) is 53.3 cm³/mol. The van der Waals surface area contributed by atoms with Gasteiger partial charge < -0.3 is 10.1 Å². The summed E-state index contributed by atoms with van der Waals surface area (Å²) in [5.74, 6) is -0.380. The molecule has 3 nitrogen and oxygen atoms in total. The molecule has 1 fully saturated rings. The highest BCUT2D eigenvalue weighted by Crippen LogP contribution is 2.28. The molecule has 0 bridgehead atoms. The molecule has 1 amide bonds. The molecule has 1 N–H and O–H groups in total. The van der Waals surface area contributed by atoms with Crippen LogP contribution in [0.5, 0.6) is 5.75 Å². The van der Waals surface area contributed by atoms with E-state index >= 15 is 0 Å². The number of halogens is 1. The van der Waals surface area contributed by atoms with Crippen LogP contribution in [0.25, 0.3) is 0 Å². The first-order valence-electron chi connectivity index (χ1n) is 4.83. The van der Waals surface area contributed by atoms with E-state index in [1.165, 1.54) is 13.2 Å². The van der Waals surface area contributed by atoms with Crippen LogP contribution in [0.3, 0.4) is 0 Å². The Balaban J connectivity index is 2.32. The smallest absolute Gasteiger partial charge is 0.227 e. The van der Waals surface area contributed by atoms with Crippen LogP contribution < -0.4 is 10.1 Å². The topological polar surface area (TPSA) is 38.3 Å². The normalized spacial score (nSPS) is 20.1. The Bertz CT molecular complexity index is 392. The zero-order chi connectivity index (χ0) is 10.8. The lowest BCUT2D eigenvalue weighted by atomic mass is 9.97. The minimum atomic E-state index is -0.403. The summed E-state index contributed by atoms with van der Waals surface area (Å²) < 4.78 is 18.0. The first-order valence-corrected chi connectivity index (χ1v) is 4.83. The average Bonchev–Trinajstić information content (AvgIpc) is 2.65. The third kappa shape index (κ3) is 1.79. The Morgan fingerprint density at radius 1 is 1.53 bits per heavy atom. The van der Waals surface area contributed by atoms with Gasteiger partial charge in [-0.15, -0.1) is 0 Å². The Kier molecular flexibility index (Phi) is 2.58. The zero-order valence-corrected chi connectivity index (χ0v) is 8.42. The molecule has 1 atom stereocenters. The van der Waals surface area contributed by atoms with Crippen molar-refractivity contribution in [2.24, 2.45) is 0 Å². The Morgan fingerprint density at radius 3 is 2.93 bits per heavy atom. The SMILES string of the molecule is COc1cc(C2CCNC2=O)ccc1F. The number of carbonyl (C=O) groups is 1. The standard InChI is InChI=1S/C11H12FNO2/c1-15-10-6-7(2-3-9(10)12)8-4-5-13-11(8)14/h2-3,6,8H,4-5H2,1H3,(H,13,14). The van der Waals surface area contributed by atoms with Crippen molar-refractivity contribution in [3.8, 4) is 5.75 Å². The van der Waals surface area contributed by atoms with Crippen molar-refractivity contribution >= 4 is 5.91 Å². The number of hydrogen-bond donors (Lipinski definition) is 1. The summed E-state index contributed by atoms with van der Waals surface area (Å²) in [4.78, 5) is 11.4. The summed E-state index contributed by atoms with van der Waals surface area (Å²) in [6.07, 6.45) is 0.758. The molecule has 1 aliphatic rings. The van der Waals surface area contributed by atoms with E-state index < -0.39 is 5.82 Å². The zero-order valence-electron chi connectivity index (χ0n) is 8.42. The summed E-state index contributed by atoms with van der Waals surface area (Å²) in [6.45, 7) is 0.684. The average molecular weight is 209 g/mol. The molecule has 1 heterocycles. The van der Waals surface area contributed by atoms with Gasteiger partial charge in [0.15, 0.2) is 11.6 Å². The van der Waals surface area contributed by atoms with E-state index in [4.69, 9.17) is 4.74 Å². The van der Waals surface area contributed by atoms with E-state index in [2.05, 4.69) is 5.32 Å². The van der Waals surface area contributed by atoms with Crippen molar-refractivity contribution in [2.75, 3.05) is 13.7 Å². The minimum absolute atomic E-state index is 0.00339. The van der Waals surface area contributed by atoms with E-state index in [1.54, 1.807) is 12.1 Å². The van der Waals surface area contributed by atoms with E-state index in [-0.39, 0.29) is 17.6 Å². The molecular weight excluding hydrogens is 197 g/mol. The molecule has 2 rings (SSSR count). The van der Waals surface area contributed by atoms with Crippen LogP contribution in [0.15, 0.2) is 18.2 Å². The van der Waals surface area contributed by atoms with Crippen molar-refractivity contribution in [2.45, 2.75) is 12.3 Å². The number of hydrogen-bond acceptors (Lipinski definition) is 2. The second-order valence-corrected chi connectivity index (χ2v) is 3.53. The molecule has 0 saturated carbocycles. The van der Waals surface area contributed by atoms with E-state index in [0.717, 1.165) is 12.0 Å². The fraction of sp³-hybridized carbons (Fsp3) is 0.364. The second-order valence-electron chi connectivity index (χ2n) is 3.53. The fourth-order valence-electron chi connectivity index (χ4n) is 1.81. The summed E-state index contributed by atoms with van der Waals surface area (Å²) in [5.41, 5.74) is 0.809. The highest BCUT2D eigenvalue weighted by atomic mass is 19.1. The molecule has 80 valence electrons. The molecule has 15 heavy (non-hydrogen) atoms. The molecule has 1 aromatic carbocycles. The Hall–Kier alpha value is -1.58. The highest BCUT2D eigenvalue weighted by Gasteiger charge is 2.26. The maximum atomic E-state index is 13.1. The van der Waals surface area contributed by atoms with Crippen LogP contribution in [0, 0.1) is 5.82 Å². The van der Waals surface area contributed by atoms with Crippen LogP contribution in [-0.2, 0) is 4.79 Å². The van der Waals surface area contributed by atoms with Gasteiger partial charge in [0.2, 0.25) is 5.91 Å². The third-order valence-corrected chi connectivity index (χ3v) is 2.63. The lowest BCUT2D eigenvalue weighted by molar-refractivity contribution is -0.120. The molecule has 4 heteroatoms. The van der Waals surface area contributed by atoms with Crippen molar-refractivity contribution in [1.82, 2.24) is 5.32 Å². The van der Waals surface area contributed by atoms with Gasteiger partial charge in [0.05, 0.1) is 13.0 Å². The van der Waals surface area contributed by atoms with Crippen LogP contribution in [0.1, 0.15) is 17.9 Å². The fourth-order valence-corrected chi connectivity index (χ4v) is 1.81. The highest BCUT2D eigenvalue weighted by molar-refractivity contribution is 5.85. The number of ether oxygens (including phenoxy) is 1. The molecule has 1 aromatic rings. The van der Waals surface area contributed by atoms with Crippen molar-refractivity contribution < 1.29 is 13.9 Å². The third-order valence-electron chi connectivity index (χ3n) is 2.63. The van der Waals surface area contributed by atoms with Gasteiger partial charge in [0, 0.05) is 6.54 Å². The number of rotatable bonds is 2. The van der Waals surface area contributed by atoms with Crippen LogP contribution in [0.2, 0.25) is 0 Å². The van der Waals surface area contributed by atoms with Crippen molar-refractivity contribution in [1.29, 1.82) is 0 Å². The molecule has 0 aliphatic carbocycles. The van der Waals surface area contributed by atoms with Gasteiger partial charge in [0.25, 0.3) is 0 Å². The van der Waals surface area contributed by atoms with E-state index in [9.17, 15) is 9.18 Å². The first kappa shape index (κ1) is 9.96. The summed E-state index contributed by atoms with van der Waals surface area (Å²) in [7, 11) is 1.41. The maximum Gasteiger partial charge on any atom is 0.227 e. The Morgan fingerprint density at radius 2 is 2.33 bits per heavy atom. The number of methoxy groups -OCH3 is 1. The Labute approximate surface area is 87.2 Å². The lowest BCUT2D eigenvalue weighted by Crippen LogP contribution is -2.17. The van der Waals surface area contributed by atoms with Crippen molar-refractivity contribution in [3.05, 3.63) is 29.6 Å². The van der Waals surface area contributed by atoms with Gasteiger partial charge in [-0.1, -0.05) is 6.07 Å². The van der Waals surface area contributed by atoms with Gasteiger partial charge in [-0.2, -0.15) is 0 Å². The van der Waals surface area contributed by atoms with Crippen molar-refractivity contribution in [3.63, 3.8) is 0 Å². The second kappa shape index (κ2) is 3.88. The van der Waals surface area contributed by atoms with Crippen LogP contribution in [-0.4, -0.2) is 19.6 Å². The lowest BCUT2D eigenvalue weighted by Gasteiger charge is -2.09. The number of amides is 1. The molecular formula is C11H12FNO2. The van der Waals surface area contributed by atoms with Gasteiger partial charge in [-0.3, -0.25) is 4.79 Å². The molecule has 0 spiro atoms. The molecule has 0 radical (unpaired) electrons. The van der Waals surface area contributed by atoms with Crippen LogP contribution >= 0.6 is 0 Å². The summed E-state index contributed by atoms with van der Waals surface area (Å²) in [6, 6.07) is 4.55. The predicted octanol–water partition coefficient (Wildman–Crippen LogP) is 1.44. The van der Waals surface area contributed by atoms with Gasteiger partial charge >= 0.3 is 0 Å². The van der Waals surface area contributed by atoms with Gasteiger partial charge in [0.1, 0.15) is 0 Å². The summed E-state index contributed by atoms with van der Waals surface area (Å²) >= 11 is 0. The molecule has 1 unspecified atom stereocenters. The van der Waals surface area contributed by atoms with Gasteiger partial charge in [-0.25, -0.2) is 4.39 Å². The van der Waals surface area contributed by atoms with Crippen LogP contribution in [0.4, 0.5) is 4.39 Å². The van der Waals surface area contributed by atoms with Gasteiger partial charge in [-0.05, 0) is 24.1 Å². The maximum absolute atomic E-state index is 13.1. The molecule has 0 aromatic heterocycles. The van der Waals surface area contributed by atoms with E-state index in [0.29, 0.717) is 6.54 Å². The number of nitrogens with one attached hydrogen (secondary N) is 1. The first-order chi connectivity index (χ1) is 7.22. The van der Waals surface area contributed by atoms with E-state index in [1.807, 2.05) is 0 Å². The monoisotopic (exact) mass is 209 g/mol. The quantitative estimate of drug-likeness (QED) is 0.800. The molecule has 1 aliphatic heterocycles. The largest absolute Gasteiger partial charge is 0.494 e. The number of benzene rings is 1. The number of carbonyl (C=O) groups excluding carboxylic acids is 1.